The first-order valence-corrected chi connectivity index (χ1v) is 7.60. The van der Waals surface area contributed by atoms with E-state index in [1.807, 2.05) is 13.8 Å². The molecule has 0 aromatic heterocycles. The van der Waals surface area contributed by atoms with E-state index in [9.17, 15) is 19.7 Å². The minimum atomic E-state index is -2.00. The van der Waals surface area contributed by atoms with Crippen molar-refractivity contribution < 1.29 is 24.0 Å². The molecule has 1 atom stereocenters. The van der Waals surface area contributed by atoms with Gasteiger partial charge >= 0.3 is 17.9 Å². The Morgan fingerprint density at radius 2 is 1.96 bits per heavy atom. The molecule has 1 N–H and O–H groups in total. The van der Waals surface area contributed by atoms with Crippen LogP contribution in [0.4, 0.5) is 0 Å². The molecule has 0 spiro atoms. The predicted molar refractivity (Wildman–Crippen MR) is 89.2 cm³/mol. The number of rotatable bonds is 7. The lowest BCUT2D eigenvalue weighted by atomic mass is 10.1. The third kappa shape index (κ3) is 4.40. The van der Waals surface area contributed by atoms with Crippen LogP contribution in [-0.4, -0.2) is 41.8 Å². The van der Waals surface area contributed by atoms with Gasteiger partial charge in [0.1, 0.15) is 17.3 Å². The lowest BCUT2D eigenvalue weighted by Gasteiger charge is -2.13. The lowest BCUT2D eigenvalue weighted by Crippen LogP contribution is -2.50. The van der Waals surface area contributed by atoms with Crippen LogP contribution in [0.3, 0.4) is 0 Å². The molecule has 0 aliphatic carbocycles. The summed E-state index contributed by atoms with van der Waals surface area (Å²) in [5, 5.41) is 12.9. The van der Waals surface area contributed by atoms with Crippen LogP contribution in [0.5, 0.6) is 11.5 Å². The van der Waals surface area contributed by atoms with Gasteiger partial charge in [-0.15, -0.1) is 0 Å². The first-order valence-electron chi connectivity index (χ1n) is 7.60. The first kappa shape index (κ1) is 18.1. The second kappa shape index (κ2) is 8.04. The molecule has 132 valence electrons. The number of ether oxygens (including phenoxy) is 2. The highest BCUT2D eigenvalue weighted by Crippen LogP contribution is 2.26. The zero-order valence-corrected chi connectivity index (χ0v) is 13.7. The third-order valence-corrected chi connectivity index (χ3v) is 3.19. The van der Waals surface area contributed by atoms with Crippen molar-refractivity contribution in [1.82, 2.24) is 5.32 Å². The molecule has 9 heteroatoms. The third-order valence-electron chi connectivity index (χ3n) is 3.19. The van der Waals surface area contributed by atoms with Crippen LogP contribution in [-0.2, 0) is 9.59 Å². The number of amidine groups is 1. The smallest absolute Gasteiger partial charge is 0.368 e. The van der Waals surface area contributed by atoms with Crippen molar-refractivity contribution >= 4 is 23.7 Å². The van der Waals surface area contributed by atoms with Crippen LogP contribution in [0.25, 0.3) is 6.08 Å². The van der Waals surface area contributed by atoms with Gasteiger partial charge in [-0.05, 0) is 38.1 Å². The van der Waals surface area contributed by atoms with Crippen LogP contribution in [0.1, 0.15) is 19.4 Å². The fraction of sp³-hybridized carbons (Fsp3) is 0.312. The molecule has 0 bridgehead atoms. The van der Waals surface area contributed by atoms with Crippen molar-refractivity contribution in [3.63, 3.8) is 0 Å². The quantitative estimate of drug-likeness (QED) is 0.449. The second-order valence-corrected chi connectivity index (χ2v) is 4.91. The Kier molecular flexibility index (Phi) is 5.83. The van der Waals surface area contributed by atoms with Crippen LogP contribution in [0.2, 0.25) is 0 Å². The van der Waals surface area contributed by atoms with Crippen molar-refractivity contribution in [3.05, 3.63) is 40.0 Å². The van der Waals surface area contributed by atoms with Crippen molar-refractivity contribution in [2.75, 3.05) is 13.2 Å². The molecule has 2 amide bonds. The Hall–Kier alpha value is -3.23. The summed E-state index contributed by atoms with van der Waals surface area (Å²) in [6.07, 6.45) is 2.96. The molecule has 1 unspecified atom stereocenters. The maximum atomic E-state index is 11.6. The van der Waals surface area contributed by atoms with E-state index in [4.69, 9.17) is 9.47 Å². The van der Waals surface area contributed by atoms with Crippen LogP contribution >= 0.6 is 0 Å². The number of carbonyl (C=O) groups is 2. The number of nitrogens with zero attached hydrogens (tertiary/aromatic N) is 2. The Morgan fingerprint density at radius 3 is 2.56 bits per heavy atom. The molecule has 9 nitrogen and oxygen atoms in total. The molecule has 0 saturated heterocycles. The largest absolute Gasteiger partial charge is 0.494 e. The van der Waals surface area contributed by atoms with Gasteiger partial charge in [0.05, 0.1) is 13.2 Å². The number of nitro groups is 1. The summed E-state index contributed by atoms with van der Waals surface area (Å²) in [6.45, 7) is 4.66. The SMILES string of the molecule is CCOc1ccc(/C=C/C2=NC(=O)C([N+](=O)[O-])C(=O)N2)c(OCC)c1. The van der Waals surface area contributed by atoms with Crippen molar-refractivity contribution in [2.45, 2.75) is 19.9 Å². The van der Waals surface area contributed by atoms with Crippen LogP contribution in [0.15, 0.2) is 29.3 Å². The molecule has 1 aliphatic rings. The fourth-order valence-corrected chi connectivity index (χ4v) is 2.14. The molecule has 0 fully saturated rings. The van der Waals surface area contributed by atoms with Gasteiger partial charge in [0, 0.05) is 16.6 Å². The summed E-state index contributed by atoms with van der Waals surface area (Å²) >= 11 is 0. The number of hydrogen-bond acceptors (Lipinski definition) is 6. The number of amides is 2. The Morgan fingerprint density at radius 1 is 1.24 bits per heavy atom. The lowest BCUT2D eigenvalue weighted by molar-refractivity contribution is -0.493. The van der Waals surface area contributed by atoms with E-state index in [-0.39, 0.29) is 5.84 Å². The molecule has 0 saturated carbocycles. The summed E-state index contributed by atoms with van der Waals surface area (Å²) < 4.78 is 11.0. The minimum Gasteiger partial charge on any atom is -0.494 e. The molecule has 1 aromatic rings. The summed E-state index contributed by atoms with van der Waals surface area (Å²) in [5.41, 5.74) is 0.672. The van der Waals surface area contributed by atoms with E-state index in [0.717, 1.165) is 0 Å². The van der Waals surface area contributed by atoms with E-state index in [1.54, 1.807) is 24.3 Å². The molecule has 1 heterocycles. The summed E-state index contributed by atoms with van der Waals surface area (Å²) in [5.74, 6) is -0.978. The van der Waals surface area contributed by atoms with Gasteiger partial charge in [0.2, 0.25) is 0 Å². The van der Waals surface area contributed by atoms with E-state index >= 15 is 0 Å². The monoisotopic (exact) mass is 347 g/mol. The van der Waals surface area contributed by atoms with Gasteiger partial charge in [-0.2, -0.15) is 4.99 Å². The minimum absolute atomic E-state index is 0.0653. The highest BCUT2D eigenvalue weighted by atomic mass is 16.6. The highest BCUT2D eigenvalue weighted by Gasteiger charge is 2.41. The van der Waals surface area contributed by atoms with Gasteiger partial charge in [-0.1, -0.05) is 0 Å². The predicted octanol–water partition coefficient (Wildman–Crippen LogP) is 1.20. The van der Waals surface area contributed by atoms with E-state index in [1.165, 1.54) is 6.08 Å². The highest BCUT2D eigenvalue weighted by molar-refractivity contribution is 6.21. The van der Waals surface area contributed by atoms with Gasteiger partial charge in [-0.25, -0.2) is 0 Å². The van der Waals surface area contributed by atoms with Crippen molar-refractivity contribution in [3.8, 4) is 11.5 Å². The number of aliphatic imine (C=N–C) groups is 1. The van der Waals surface area contributed by atoms with E-state index < -0.39 is 22.8 Å². The standard InChI is InChI=1S/C16H17N3O6/c1-3-24-11-7-5-10(12(9-11)25-4-2)6-8-13-17-15(20)14(19(22)23)16(21)18-13/h5-9,14H,3-4H2,1-2H3,(H,17,18,20,21)/b8-6+. The average Bonchev–Trinajstić information content (AvgIpc) is 2.53. The van der Waals surface area contributed by atoms with Gasteiger partial charge < -0.3 is 14.8 Å². The van der Waals surface area contributed by atoms with Crippen molar-refractivity contribution in [2.24, 2.45) is 4.99 Å². The number of carbonyl (C=O) groups excluding carboxylic acids is 2. The topological polar surface area (TPSA) is 120 Å². The van der Waals surface area contributed by atoms with E-state index in [0.29, 0.717) is 30.3 Å². The molecular formula is C16H17N3O6. The Labute approximate surface area is 143 Å². The molecule has 0 radical (unpaired) electrons. The summed E-state index contributed by atoms with van der Waals surface area (Å²) in [6, 6.07) is 3.23. The average molecular weight is 347 g/mol. The maximum Gasteiger partial charge on any atom is 0.368 e. The maximum absolute atomic E-state index is 11.6. The zero-order chi connectivity index (χ0) is 18.4. The van der Waals surface area contributed by atoms with E-state index in [2.05, 4.69) is 10.3 Å². The van der Waals surface area contributed by atoms with Gasteiger partial charge in [0.15, 0.2) is 0 Å². The Balaban J connectivity index is 2.24. The number of hydrogen-bond donors (Lipinski definition) is 1. The summed E-state index contributed by atoms with van der Waals surface area (Å²) in [4.78, 5) is 36.4. The normalized spacial score (nSPS) is 17.2. The first-order chi connectivity index (χ1) is 12.0. The molecule has 25 heavy (non-hydrogen) atoms. The van der Waals surface area contributed by atoms with Gasteiger partial charge in [0.25, 0.3) is 0 Å². The van der Waals surface area contributed by atoms with Crippen LogP contribution in [0, 0.1) is 10.1 Å². The van der Waals surface area contributed by atoms with Crippen molar-refractivity contribution in [1.29, 1.82) is 0 Å². The number of benzene rings is 1. The van der Waals surface area contributed by atoms with Gasteiger partial charge in [-0.3, -0.25) is 19.7 Å². The summed E-state index contributed by atoms with van der Waals surface area (Å²) in [7, 11) is 0. The fourth-order valence-electron chi connectivity index (χ4n) is 2.14. The molecule has 1 aliphatic heterocycles. The zero-order valence-electron chi connectivity index (χ0n) is 13.7. The molecule has 1 aromatic carbocycles. The molecular weight excluding hydrogens is 330 g/mol. The second-order valence-electron chi connectivity index (χ2n) is 4.91. The Bertz CT molecular complexity index is 756. The number of nitrogens with one attached hydrogen (secondary N) is 1. The van der Waals surface area contributed by atoms with Crippen LogP contribution < -0.4 is 14.8 Å². The molecule has 2 rings (SSSR count).